The average Bonchev–Trinajstić information content (AvgIpc) is 3.31. The Bertz CT molecular complexity index is 1800. The molecule has 0 saturated carbocycles. The third-order valence-corrected chi connectivity index (χ3v) is 5.88. The number of imidazole rings is 1. The van der Waals surface area contributed by atoms with Gasteiger partial charge >= 0.3 is 6.18 Å². The van der Waals surface area contributed by atoms with E-state index in [0.29, 0.717) is 24.0 Å². The molecular formula is C26H16F6N4O3. The average molecular weight is 546 g/mol. The summed E-state index contributed by atoms with van der Waals surface area (Å²) in [6.45, 7) is 0. The van der Waals surface area contributed by atoms with E-state index in [1.165, 1.54) is 18.5 Å². The lowest BCUT2D eigenvalue weighted by molar-refractivity contribution is -0.140. The van der Waals surface area contributed by atoms with E-state index in [1.54, 1.807) is 17.8 Å². The maximum absolute atomic E-state index is 14.7. The van der Waals surface area contributed by atoms with Crippen LogP contribution in [0.4, 0.5) is 26.3 Å². The van der Waals surface area contributed by atoms with E-state index >= 15 is 0 Å². The zero-order valence-corrected chi connectivity index (χ0v) is 20.0. The number of nitrogens with zero attached hydrogens (tertiary/aromatic N) is 3. The smallest absolute Gasteiger partial charge is 0.419 e. The van der Waals surface area contributed by atoms with E-state index in [2.05, 4.69) is 15.0 Å². The van der Waals surface area contributed by atoms with Crippen LogP contribution in [-0.4, -0.2) is 26.6 Å². The van der Waals surface area contributed by atoms with Crippen molar-refractivity contribution in [3.63, 3.8) is 0 Å². The molecule has 0 amide bonds. The van der Waals surface area contributed by atoms with Crippen LogP contribution in [0.1, 0.15) is 5.56 Å². The van der Waals surface area contributed by atoms with Gasteiger partial charge in [0, 0.05) is 37.3 Å². The molecule has 0 bridgehead atoms. The fourth-order valence-electron chi connectivity index (χ4n) is 4.08. The Morgan fingerprint density at radius 3 is 2.38 bits per heavy atom. The highest BCUT2D eigenvalue weighted by Crippen LogP contribution is 2.43. The number of alkyl halides is 3. The predicted molar refractivity (Wildman–Crippen MR) is 128 cm³/mol. The minimum Gasteiger partial charge on any atom is -0.490 e. The number of aromatic amines is 1. The van der Waals surface area contributed by atoms with Gasteiger partial charge in [-0.05, 0) is 30.3 Å². The molecule has 7 nitrogen and oxygen atoms in total. The largest absolute Gasteiger partial charge is 0.490 e. The zero-order chi connectivity index (χ0) is 28.1. The number of nitrogens with one attached hydrogen (secondary N) is 1. The van der Waals surface area contributed by atoms with E-state index in [1.807, 2.05) is 0 Å². The SMILES string of the molecule is COc1c(Oc2cc(C(F)(F)F)c(F)cc2-c2cc(=O)c3c(-c4nccn4C)nccc3[nH]2)ccc(F)c1F. The van der Waals surface area contributed by atoms with Crippen molar-refractivity contribution < 1.29 is 35.8 Å². The highest BCUT2D eigenvalue weighted by atomic mass is 19.4. The first kappa shape index (κ1) is 25.8. The maximum atomic E-state index is 14.7. The fourth-order valence-corrected chi connectivity index (χ4v) is 4.08. The molecule has 0 aliphatic rings. The van der Waals surface area contributed by atoms with Crippen molar-refractivity contribution in [2.75, 3.05) is 7.11 Å². The van der Waals surface area contributed by atoms with Gasteiger partial charge in [0.1, 0.15) is 17.3 Å². The Balaban J connectivity index is 1.74. The third-order valence-electron chi connectivity index (χ3n) is 5.88. The van der Waals surface area contributed by atoms with E-state index in [-0.39, 0.29) is 27.9 Å². The summed E-state index contributed by atoms with van der Waals surface area (Å²) in [5.74, 6) is -5.81. The van der Waals surface area contributed by atoms with Crippen molar-refractivity contribution in [2.24, 2.45) is 7.05 Å². The van der Waals surface area contributed by atoms with Crippen molar-refractivity contribution in [2.45, 2.75) is 6.18 Å². The number of aromatic nitrogens is 4. The van der Waals surface area contributed by atoms with E-state index in [4.69, 9.17) is 9.47 Å². The van der Waals surface area contributed by atoms with E-state index in [9.17, 15) is 31.1 Å². The third kappa shape index (κ3) is 4.56. The number of aryl methyl sites for hydroxylation is 1. The van der Waals surface area contributed by atoms with Gasteiger partial charge in [0.05, 0.1) is 29.3 Å². The number of hydrogen-bond acceptors (Lipinski definition) is 5. The Morgan fingerprint density at radius 2 is 1.72 bits per heavy atom. The van der Waals surface area contributed by atoms with Crippen molar-refractivity contribution in [3.05, 3.63) is 88.2 Å². The lowest BCUT2D eigenvalue weighted by Gasteiger charge is -2.17. The number of fused-ring (bicyclic) bond motifs is 1. The van der Waals surface area contributed by atoms with Gasteiger partial charge in [0.25, 0.3) is 0 Å². The summed E-state index contributed by atoms with van der Waals surface area (Å²) >= 11 is 0. The van der Waals surface area contributed by atoms with Crippen LogP contribution in [-0.2, 0) is 13.2 Å². The number of halogens is 6. The fraction of sp³-hybridized carbons (Fsp3) is 0.115. The summed E-state index contributed by atoms with van der Waals surface area (Å²) in [5, 5.41) is 0.132. The second-order valence-electron chi connectivity index (χ2n) is 8.31. The second kappa shape index (κ2) is 9.49. The molecule has 0 saturated heterocycles. The normalized spacial score (nSPS) is 11.7. The number of ether oxygens (including phenoxy) is 2. The van der Waals surface area contributed by atoms with Gasteiger partial charge in [0.15, 0.2) is 22.8 Å². The van der Waals surface area contributed by atoms with Crippen LogP contribution < -0.4 is 14.9 Å². The van der Waals surface area contributed by atoms with E-state index in [0.717, 1.165) is 19.2 Å². The van der Waals surface area contributed by atoms with Crippen molar-refractivity contribution >= 4 is 10.9 Å². The maximum Gasteiger partial charge on any atom is 0.419 e. The Hall–Kier alpha value is -4.81. The Morgan fingerprint density at radius 1 is 0.949 bits per heavy atom. The number of pyridine rings is 2. The lowest BCUT2D eigenvalue weighted by Crippen LogP contribution is -2.10. The van der Waals surface area contributed by atoms with Gasteiger partial charge < -0.3 is 19.0 Å². The second-order valence-corrected chi connectivity index (χ2v) is 8.31. The molecule has 5 aromatic rings. The minimum atomic E-state index is -5.11. The van der Waals surface area contributed by atoms with Gasteiger partial charge in [0.2, 0.25) is 11.6 Å². The summed E-state index contributed by atoms with van der Waals surface area (Å²) in [7, 11) is 2.71. The molecule has 200 valence electrons. The number of benzene rings is 2. The Kier molecular flexibility index (Phi) is 6.29. The molecule has 0 atom stereocenters. The van der Waals surface area contributed by atoms with Gasteiger partial charge in [-0.15, -0.1) is 0 Å². The molecule has 0 aliphatic heterocycles. The predicted octanol–water partition coefficient (Wildman–Crippen LogP) is 6.23. The van der Waals surface area contributed by atoms with Gasteiger partial charge in [-0.25, -0.2) is 13.8 Å². The first-order chi connectivity index (χ1) is 18.5. The van der Waals surface area contributed by atoms with Crippen LogP contribution in [0.2, 0.25) is 0 Å². The molecule has 0 aliphatic carbocycles. The van der Waals surface area contributed by atoms with Crippen LogP contribution >= 0.6 is 0 Å². The molecule has 5 rings (SSSR count). The van der Waals surface area contributed by atoms with Crippen LogP contribution in [0.3, 0.4) is 0 Å². The van der Waals surface area contributed by atoms with Crippen LogP contribution in [0, 0.1) is 17.5 Å². The zero-order valence-electron chi connectivity index (χ0n) is 20.0. The van der Waals surface area contributed by atoms with E-state index < -0.39 is 51.9 Å². The summed E-state index contributed by atoms with van der Waals surface area (Å²) in [5.41, 5.74) is -2.22. The molecular weight excluding hydrogens is 530 g/mol. The summed E-state index contributed by atoms with van der Waals surface area (Å²) in [6, 6.07) is 5.00. The van der Waals surface area contributed by atoms with Crippen molar-refractivity contribution in [1.29, 1.82) is 0 Å². The monoisotopic (exact) mass is 546 g/mol. The lowest BCUT2D eigenvalue weighted by atomic mass is 10.0. The number of rotatable bonds is 5. The quantitative estimate of drug-likeness (QED) is 0.265. The van der Waals surface area contributed by atoms with Crippen LogP contribution in [0.5, 0.6) is 17.2 Å². The molecule has 3 aromatic heterocycles. The topological polar surface area (TPSA) is 82.0 Å². The van der Waals surface area contributed by atoms with Crippen molar-refractivity contribution in [3.8, 4) is 40.0 Å². The molecule has 3 heterocycles. The molecule has 0 fully saturated rings. The standard InChI is InChI=1S/C26H16F6N4O3/c1-36-8-7-34-25(36)23-21-16(5-6-33-23)35-17(11-18(21)37)12-9-15(28)13(26(30,31)32)10-20(12)39-19-4-3-14(27)22(29)24(19)38-2/h3-11H,1-2H3,(H,35,37). The first-order valence-corrected chi connectivity index (χ1v) is 11.1. The van der Waals surface area contributed by atoms with Crippen LogP contribution in [0.25, 0.3) is 33.7 Å². The molecule has 1 N–H and O–H groups in total. The summed E-state index contributed by atoms with van der Waals surface area (Å²) in [4.78, 5) is 24.6. The van der Waals surface area contributed by atoms with Crippen molar-refractivity contribution in [1.82, 2.24) is 19.5 Å². The highest BCUT2D eigenvalue weighted by Gasteiger charge is 2.36. The number of H-pyrrole nitrogens is 1. The van der Waals surface area contributed by atoms with Crippen LogP contribution in [0.15, 0.2) is 59.8 Å². The van der Waals surface area contributed by atoms with Gasteiger partial charge in [-0.1, -0.05) is 0 Å². The molecule has 39 heavy (non-hydrogen) atoms. The molecule has 0 radical (unpaired) electrons. The molecule has 13 heteroatoms. The number of methoxy groups -OCH3 is 1. The minimum absolute atomic E-state index is 0.117. The summed E-state index contributed by atoms with van der Waals surface area (Å²) < 4.78 is 95.3. The number of hydrogen-bond donors (Lipinski definition) is 1. The summed E-state index contributed by atoms with van der Waals surface area (Å²) in [6.07, 6.45) is -0.555. The van der Waals surface area contributed by atoms with Gasteiger partial charge in [-0.2, -0.15) is 17.6 Å². The molecule has 0 unspecified atom stereocenters. The Labute approximate surface area is 215 Å². The molecule has 2 aromatic carbocycles. The molecule has 0 spiro atoms. The van der Waals surface area contributed by atoms with Gasteiger partial charge in [-0.3, -0.25) is 9.78 Å². The highest BCUT2D eigenvalue weighted by molar-refractivity contribution is 5.92. The first-order valence-electron chi connectivity index (χ1n) is 11.1.